The molecule has 1 aliphatic rings. The van der Waals surface area contributed by atoms with Gasteiger partial charge < -0.3 is 5.32 Å². The highest BCUT2D eigenvalue weighted by atomic mass is 16.2. The van der Waals surface area contributed by atoms with Crippen LogP contribution in [0, 0.1) is 12.8 Å². The van der Waals surface area contributed by atoms with Crippen molar-refractivity contribution in [2.75, 3.05) is 18.1 Å². The third kappa shape index (κ3) is 2.65. The second-order valence-electron chi connectivity index (χ2n) is 4.52. The summed E-state index contributed by atoms with van der Waals surface area (Å²) in [6.45, 7) is 3.76. The van der Waals surface area contributed by atoms with Crippen molar-refractivity contribution in [2.24, 2.45) is 11.8 Å². The zero-order chi connectivity index (χ0) is 12.3. The average Bonchev–Trinajstić information content (AvgIpc) is 2.39. The first-order valence-electron chi connectivity index (χ1n) is 6.05. The highest BCUT2D eigenvalue weighted by molar-refractivity contribution is 5.94. The molecule has 0 unspecified atom stereocenters. The van der Waals surface area contributed by atoms with Gasteiger partial charge in [-0.2, -0.15) is 0 Å². The lowest BCUT2D eigenvalue weighted by Crippen LogP contribution is -2.45. The standard InChI is InChI=1S/C13H19N3O/c1-10-4-2-3-5-12(10)16(14)13(17)11-6-8-15-9-7-11/h2-5,11,15H,6-9,14H2,1H3. The van der Waals surface area contributed by atoms with E-state index >= 15 is 0 Å². The molecule has 0 atom stereocenters. The lowest BCUT2D eigenvalue weighted by atomic mass is 9.96. The Morgan fingerprint density at radius 1 is 1.35 bits per heavy atom. The number of aryl methyl sites for hydroxylation is 1. The molecule has 3 N–H and O–H groups in total. The van der Waals surface area contributed by atoms with Gasteiger partial charge in [-0.05, 0) is 44.5 Å². The molecule has 0 saturated carbocycles. The van der Waals surface area contributed by atoms with E-state index < -0.39 is 0 Å². The Labute approximate surface area is 102 Å². The van der Waals surface area contributed by atoms with Crippen LogP contribution in [0.1, 0.15) is 18.4 Å². The molecule has 0 aromatic heterocycles. The molecule has 92 valence electrons. The van der Waals surface area contributed by atoms with Gasteiger partial charge in [0.05, 0.1) is 5.69 Å². The molecule has 4 heteroatoms. The van der Waals surface area contributed by atoms with E-state index in [0.717, 1.165) is 37.2 Å². The Kier molecular flexibility index (Phi) is 3.76. The predicted octanol–water partition coefficient (Wildman–Crippen LogP) is 1.20. The monoisotopic (exact) mass is 233 g/mol. The quantitative estimate of drug-likeness (QED) is 0.458. The lowest BCUT2D eigenvalue weighted by molar-refractivity contribution is -0.123. The fourth-order valence-electron chi connectivity index (χ4n) is 2.22. The molecule has 0 radical (unpaired) electrons. The van der Waals surface area contributed by atoms with Crippen LogP contribution in [0.4, 0.5) is 5.69 Å². The maximum Gasteiger partial charge on any atom is 0.244 e. The molecular formula is C13H19N3O. The molecule has 1 saturated heterocycles. The van der Waals surface area contributed by atoms with Crippen LogP contribution in [0.3, 0.4) is 0 Å². The van der Waals surface area contributed by atoms with Crippen LogP contribution >= 0.6 is 0 Å². The zero-order valence-corrected chi connectivity index (χ0v) is 10.1. The first kappa shape index (κ1) is 12.1. The second-order valence-corrected chi connectivity index (χ2v) is 4.52. The van der Waals surface area contributed by atoms with Crippen LogP contribution in [0.5, 0.6) is 0 Å². The van der Waals surface area contributed by atoms with Gasteiger partial charge in [0.15, 0.2) is 0 Å². The predicted molar refractivity (Wildman–Crippen MR) is 68.4 cm³/mol. The third-order valence-electron chi connectivity index (χ3n) is 3.30. The van der Waals surface area contributed by atoms with Crippen LogP contribution in [0.2, 0.25) is 0 Å². The fourth-order valence-corrected chi connectivity index (χ4v) is 2.22. The molecule has 1 amide bonds. The molecule has 1 fully saturated rings. The smallest absolute Gasteiger partial charge is 0.244 e. The van der Waals surface area contributed by atoms with E-state index in [9.17, 15) is 4.79 Å². The number of piperidine rings is 1. The van der Waals surface area contributed by atoms with E-state index in [-0.39, 0.29) is 11.8 Å². The van der Waals surface area contributed by atoms with Gasteiger partial charge >= 0.3 is 0 Å². The Morgan fingerprint density at radius 2 is 2.00 bits per heavy atom. The van der Waals surface area contributed by atoms with Crippen molar-refractivity contribution in [1.82, 2.24) is 5.32 Å². The van der Waals surface area contributed by atoms with Gasteiger partial charge in [-0.25, -0.2) is 10.9 Å². The molecule has 17 heavy (non-hydrogen) atoms. The average molecular weight is 233 g/mol. The number of amides is 1. The van der Waals surface area contributed by atoms with E-state index in [1.165, 1.54) is 5.01 Å². The number of carbonyl (C=O) groups is 1. The number of hydrogen-bond acceptors (Lipinski definition) is 3. The van der Waals surface area contributed by atoms with Gasteiger partial charge in [-0.15, -0.1) is 0 Å². The normalized spacial score (nSPS) is 16.8. The first-order chi connectivity index (χ1) is 8.20. The number of anilines is 1. The van der Waals surface area contributed by atoms with Crippen LogP contribution in [-0.4, -0.2) is 19.0 Å². The maximum atomic E-state index is 12.2. The van der Waals surface area contributed by atoms with Gasteiger partial charge in [0.1, 0.15) is 0 Å². The van der Waals surface area contributed by atoms with Crippen LogP contribution < -0.4 is 16.2 Å². The van der Waals surface area contributed by atoms with Crippen molar-refractivity contribution in [3.63, 3.8) is 0 Å². The van der Waals surface area contributed by atoms with E-state index in [1.54, 1.807) is 0 Å². The Morgan fingerprint density at radius 3 is 2.65 bits per heavy atom. The largest absolute Gasteiger partial charge is 0.317 e. The third-order valence-corrected chi connectivity index (χ3v) is 3.30. The summed E-state index contributed by atoms with van der Waals surface area (Å²) < 4.78 is 0. The molecule has 4 nitrogen and oxygen atoms in total. The summed E-state index contributed by atoms with van der Waals surface area (Å²) in [6, 6.07) is 7.69. The zero-order valence-electron chi connectivity index (χ0n) is 10.1. The van der Waals surface area contributed by atoms with Gasteiger partial charge in [-0.1, -0.05) is 18.2 Å². The molecule has 0 spiro atoms. The van der Waals surface area contributed by atoms with E-state index in [1.807, 2.05) is 31.2 Å². The Balaban J connectivity index is 2.11. The van der Waals surface area contributed by atoms with Crippen molar-refractivity contribution in [2.45, 2.75) is 19.8 Å². The Hall–Kier alpha value is -1.39. The van der Waals surface area contributed by atoms with Crippen molar-refractivity contribution in [3.05, 3.63) is 29.8 Å². The molecule has 0 aliphatic carbocycles. The molecule has 1 aliphatic heterocycles. The number of rotatable bonds is 2. The summed E-state index contributed by atoms with van der Waals surface area (Å²) in [5.41, 5.74) is 1.83. The number of hydrazine groups is 1. The van der Waals surface area contributed by atoms with Crippen LogP contribution in [0.15, 0.2) is 24.3 Å². The summed E-state index contributed by atoms with van der Waals surface area (Å²) >= 11 is 0. The lowest BCUT2D eigenvalue weighted by Gasteiger charge is -2.27. The van der Waals surface area contributed by atoms with Crippen molar-refractivity contribution in [1.29, 1.82) is 0 Å². The maximum absolute atomic E-state index is 12.2. The number of hydrogen-bond donors (Lipinski definition) is 2. The summed E-state index contributed by atoms with van der Waals surface area (Å²) in [5, 5.41) is 4.56. The van der Waals surface area contributed by atoms with Crippen LogP contribution in [0.25, 0.3) is 0 Å². The minimum Gasteiger partial charge on any atom is -0.317 e. The Bertz CT molecular complexity index is 399. The molecule has 1 heterocycles. The van der Waals surface area contributed by atoms with Crippen LogP contribution in [-0.2, 0) is 4.79 Å². The van der Waals surface area contributed by atoms with Crippen molar-refractivity contribution >= 4 is 11.6 Å². The number of para-hydroxylation sites is 1. The summed E-state index contributed by atoms with van der Waals surface area (Å²) in [7, 11) is 0. The van der Waals surface area contributed by atoms with E-state index in [0.29, 0.717) is 0 Å². The van der Waals surface area contributed by atoms with Gasteiger partial charge in [0.2, 0.25) is 5.91 Å². The minimum absolute atomic E-state index is 0.0285. The molecule has 0 bridgehead atoms. The van der Waals surface area contributed by atoms with Crippen molar-refractivity contribution in [3.8, 4) is 0 Å². The molecule has 2 rings (SSSR count). The molecule has 1 aromatic carbocycles. The number of nitrogens with one attached hydrogen (secondary N) is 1. The highest BCUT2D eigenvalue weighted by Gasteiger charge is 2.25. The minimum atomic E-state index is 0.0285. The number of nitrogens with two attached hydrogens (primary N) is 1. The number of carbonyl (C=O) groups excluding carboxylic acids is 1. The molecular weight excluding hydrogens is 214 g/mol. The summed E-state index contributed by atoms with van der Waals surface area (Å²) in [4.78, 5) is 12.2. The van der Waals surface area contributed by atoms with Gasteiger partial charge in [0, 0.05) is 5.92 Å². The molecule has 1 aromatic rings. The first-order valence-corrected chi connectivity index (χ1v) is 6.05. The van der Waals surface area contributed by atoms with Crippen molar-refractivity contribution < 1.29 is 4.79 Å². The van der Waals surface area contributed by atoms with E-state index in [2.05, 4.69) is 5.32 Å². The van der Waals surface area contributed by atoms with Gasteiger partial charge in [0.25, 0.3) is 0 Å². The number of nitrogens with zero attached hydrogens (tertiary/aromatic N) is 1. The second kappa shape index (κ2) is 5.29. The SMILES string of the molecule is Cc1ccccc1N(N)C(=O)C1CCNCC1. The number of benzene rings is 1. The highest BCUT2D eigenvalue weighted by Crippen LogP contribution is 2.21. The topological polar surface area (TPSA) is 58.4 Å². The van der Waals surface area contributed by atoms with Gasteiger partial charge in [-0.3, -0.25) is 4.79 Å². The summed E-state index contributed by atoms with van der Waals surface area (Å²) in [5.74, 6) is 6.02. The van der Waals surface area contributed by atoms with E-state index in [4.69, 9.17) is 5.84 Å². The fraction of sp³-hybridized carbons (Fsp3) is 0.462. The summed E-state index contributed by atoms with van der Waals surface area (Å²) in [6.07, 6.45) is 1.75.